The van der Waals surface area contributed by atoms with Gasteiger partial charge in [0.05, 0.1) is 7.11 Å². The topological polar surface area (TPSA) is 80.3 Å². The standard InChI is InChI=1S/C23H22N4O3/c1-27(23(28)18-9-10-19-20(13-18)25-26-24-19)14-17-8-11-21(22(12-17)29-2)30-15-16-6-4-3-5-7-16/h3-13H,14-15H2,1-2H3,(H,24,25,26). The Balaban J connectivity index is 1.44. The van der Waals surface area contributed by atoms with Crippen molar-refractivity contribution in [2.75, 3.05) is 14.2 Å². The van der Waals surface area contributed by atoms with Crippen molar-refractivity contribution in [2.24, 2.45) is 0 Å². The molecule has 1 N–H and O–H groups in total. The van der Waals surface area contributed by atoms with E-state index in [9.17, 15) is 4.79 Å². The minimum atomic E-state index is -0.0942. The lowest BCUT2D eigenvalue weighted by Crippen LogP contribution is -2.26. The molecule has 0 fully saturated rings. The van der Waals surface area contributed by atoms with Crippen LogP contribution in [0.3, 0.4) is 0 Å². The number of methoxy groups -OCH3 is 1. The molecule has 1 heterocycles. The van der Waals surface area contributed by atoms with Crippen LogP contribution in [0.4, 0.5) is 0 Å². The number of fused-ring (bicyclic) bond motifs is 1. The van der Waals surface area contributed by atoms with Crippen LogP contribution in [0.15, 0.2) is 66.7 Å². The number of benzene rings is 3. The molecular weight excluding hydrogens is 380 g/mol. The third-order valence-corrected chi connectivity index (χ3v) is 4.79. The zero-order valence-electron chi connectivity index (χ0n) is 16.8. The quantitative estimate of drug-likeness (QED) is 0.508. The Morgan fingerprint density at radius 2 is 1.73 bits per heavy atom. The fourth-order valence-corrected chi connectivity index (χ4v) is 3.20. The summed E-state index contributed by atoms with van der Waals surface area (Å²) in [5.41, 5.74) is 3.98. The highest BCUT2D eigenvalue weighted by Gasteiger charge is 2.15. The summed E-state index contributed by atoms with van der Waals surface area (Å²) in [6.07, 6.45) is 0. The van der Waals surface area contributed by atoms with E-state index < -0.39 is 0 Å². The van der Waals surface area contributed by atoms with Crippen LogP contribution in [0.1, 0.15) is 21.5 Å². The first-order valence-corrected chi connectivity index (χ1v) is 9.53. The van der Waals surface area contributed by atoms with E-state index in [4.69, 9.17) is 9.47 Å². The third kappa shape index (κ3) is 4.25. The molecule has 0 aliphatic carbocycles. The predicted molar refractivity (Wildman–Crippen MR) is 113 cm³/mol. The number of nitrogens with zero attached hydrogens (tertiary/aromatic N) is 3. The van der Waals surface area contributed by atoms with Crippen LogP contribution < -0.4 is 9.47 Å². The number of aromatic amines is 1. The number of carbonyl (C=O) groups is 1. The second-order valence-electron chi connectivity index (χ2n) is 6.95. The number of hydrogen-bond acceptors (Lipinski definition) is 5. The summed E-state index contributed by atoms with van der Waals surface area (Å²) in [6.45, 7) is 0.893. The summed E-state index contributed by atoms with van der Waals surface area (Å²) < 4.78 is 11.4. The zero-order valence-corrected chi connectivity index (χ0v) is 16.8. The highest BCUT2D eigenvalue weighted by atomic mass is 16.5. The van der Waals surface area contributed by atoms with Gasteiger partial charge >= 0.3 is 0 Å². The van der Waals surface area contributed by atoms with Gasteiger partial charge in [0.1, 0.15) is 17.6 Å². The van der Waals surface area contributed by atoms with Gasteiger partial charge in [-0.3, -0.25) is 4.79 Å². The highest BCUT2D eigenvalue weighted by Crippen LogP contribution is 2.29. The molecule has 0 atom stereocenters. The second-order valence-corrected chi connectivity index (χ2v) is 6.95. The Hall–Kier alpha value is -3.87. The van der Waals surface area contributed by atoms with Crippen LogP contribution in [-0.4, -0.2) is 40.4 Å². The van der Waals surface area contributed by atoms with Gasteiger partial charge in [0, 0.05) is 19.2 Å². The maximum Gasteiger partial charge on any atom is 0.253 e. The van der Waals surface area contributed by atoms with Gasteiger partial charge in [-0.15, -0.1) is 0 Å². The number of hydrogen-bond donors (Lipinski definition) is 1. The molecule has 0 saturated heterocycles. The summed E-state index contributed by atoms with van der Waals surface area (Å²) >= 11 is 0. The van der Waals surface area contributed by atoms with Gasteiger partial charge in [-0.25, -0.2) is 0 Å². The van der Waals surface area contributed by atoms with Crippen molar-refractivity contribution in [2.45, 2.75) is 13.2 Å². The first kappa shape index (κ1) is 19.4. The van der Waals surface area contributed by atoms with E-state index in [2.05, 4.69) is 15.4 Å². The Morgan fingerprint density at radius 3 is 2.53 bits per heavy atom. The van der Waals surface area contributed by atoms with E-state index >= 15 is 0 Å². The van der Waals surface area contributed by atoms with E-state index in [0.717, 1.165) is 16.6 Å². The Bertz CT molecular complexity index is 1160. The van der Waals surface area contributed by atoms with Crippen molar-refractivity contribution >= 4 is 16.9 Å². The fraction of sp³-hybridized carbons (Fsp3) is 0.174. The lowest BCUT2D eigenvalue weighted by atomic mass is 10.1. The van der Waals surface area contributed by atoms with Gasteiger partial charge in [0.15, 0.2) is 11.5 Å². The minimum Gasteiger partial charge on any atom is -0.493 e. The summed E-state index contributed by atoms with van der Waals surface area (Å²) in [6, 6.07) is 20.9. The number of ether oxygens (including phenoxy) is 2. The number of H-pyrrole nitrogens is 1. The molecule has 1 amide bonds. The van der Waals surface area contributed by atoms with Gasteiger partial charge in [-0.1, -0.05) is 36.4 Å². The van der Waals surface area contributed by atoms with Crippen LogP contribution in [-0.2, 0) is 13.2 Å². The average Bonchev–Trinajstić information content (AvgIpc) is 3.26. The molecule has 4 aromatic rings. The van der Waals surface area contributed by atoms with Crippen LogP contribution in [0, 0.1) is 0 Å². The van der Waals surface area contributed by atoms with Crippen molar-refractivity contribution in [1.29, 1.82) is 0 Å². The molecule has 4 rings (SSSR count). The number of carbonyl (C=O) groups excluding carboxylic acids is 1. The summed E-state index contributed by atoms with van der Waals surface area (Å²) in [5, 5.41) is 10.6. The normalized spacial score (nSPS) is 10.7. The van der Waals surface area contributed by atoms with Gasteiger partial charge in [-0.2, -0.15) is 15.4 Å². The van der Waals surface area contributed by atoms with E-state index in [0.29, 0.717) is 35.7 Å². The number of aromatic nitrogens is 3. The Morgan fingerprint density at radius 1 is 0.933 bits per heavy atom. The zero-order chi connectivity index (χ0) is 20.9. The van der Waals surface area contributed by atoms with Crippen molar-refractivity contribution in [3.05, 3.63) is 83.4 Å². The van der Waals surface area contributed by atoms with Gasteiger partial charge < -0.3 is 14.4 Å². The van der Waals surface area contributed by atoms with Crippen molar-refractivity contribution in [3.63, 3.8) is 0 Å². The molecule has 0 saturated carbocycles. The Labute approximate surface area is 174 Å². The molecule has 1 aromatic heterocycles. The summed E-state index contributed by atoms with van der Waals surface area (Å²) in [5.74, 6) is 1.20. The molecule has 7 heteroatoms. The van der Waals surface area contributed by atoms with Gasteiger partial charge in [0.2, 0.25) is 0 Å². The maximum absolute atomic E-state index is 12.8. The van der Waals surface area contributed by atoms with E-state index in [-0.39, 0.29) is 5.91 Å². The van der Waals surface area contributed by atoms with Crippen LogP contribution >= 0.6 is 0 Å². The fourth-order valence-electron chi connectivity index (χ4n) is 3.20. The SMILES string of the molecule is COc1cc(CN(C)C(=O)c2ccc3n[nH]nc3c2)ccc1OCc1ccccc1. The van der Waals surface area contributed by atoms with E-state index in [1.54, 1.807) is 37.3 Å². The maximum atomic E-state index is 12.8. The Kier molecular flexibility index (Phi) is 5.61. The first-order chi connectivity index (χ1) is 14.6. The summed E-state index contributed by atoms with van der Waals surface area (Å²) in [4.78, 5) is 14.5. The molecule has 0 bridgehead atoms. The third-order valence-electron chi connectivity index (χ3n) is 4.79. The van der Waals surface area contributed by atoms with Crippen molar-refractivity contribution in [1.82, 2.24) is 20.3 Å². The van der Waals surface area contributed by atoms with E-state index in [1.807, 2.05) is 48.5 Å². The average molecular weight is 402 g/mol. The smallest absolute Gasteiger partial charge is 0.253 e. The molecular formula is C23H22N4O3. The van der Waals surface area contributed by atoms with E-state index in [1.165, 1.54) is 0 Å². The van der Waals surface area contributed by atoms with Crippen LogP contribution in [0.2, 0.25) is 0 Å². The predicted octanol–water partition coefficient (Wildman–Crippen LogP) is 3.82. The van der Waals surface area contributed by atoms with Gasteiger partial charge in [-0.05, 0) is 41.5 Å². The molecule has 3 aromatic carbocycles. The molecule has 152 valence electrons. The summed E-state index contributed by atoms with van der Waals surface area (Å²) in [7, 11) is 3.37. The van der Waals surface area contributed by atoms with Crippen LogP contribution in [0.5, 0.6) is 11.5 Å². The second kappa shape index (κ2) is 8.65. The van der Waals surface area contributed by atoms with Gasteiger partial charge in [0.25, 0.3) is 5.91 Å². The lowest BCUT2D eigenvalue weighted by molar-refractivity contribution is 0.0785. The first-order valence-electron chi connectivity index (χ1n) is 9.53. The molecule has 0 aliphatic heterocycles. The van der Waals surface area contributed by atoms with Crippen LogP contribution in [0.25, 0.3) is 11.0 Å². The molecule has 0 radical (unpaired) electrons. The lowest BCUT2D eigenvalue weighted by Gasteiger charge is -2.19. The largest absolute Gasteiger partial charge is 0.493 e. The molecule has 0 spiro atoms. The minimum absolute atomic E-state index is 0.0942. The number of rotatable bonds is 7. The number of amides is 1. The number of nitrogens with one attached hydrogen (secondary N) is 1. The van der Waals surface area contributed by atoms with Crippen molar-refractivity contribution < 1.29 is 14.3 Å². The highest BCUT2D eigenvalue weighted by molar-refractivity contribution is 5.97. The van der Waals surface area contributed by atoms with Crippen molar-refractivity contribution in [3.8, 4) is 11.5 Å². The molecule has 30 heavy (non-hydrogen) atoms. The monoisotopic (exact) mass is 402 g/mol. The molecule has 7 nitrogen and oxygen atoms in total. The molecule has 0 aliphatic rings. The molecule has 0 unspecified atom stereocenters.